The van der Waals surface area contributed by atoms with Gasteiger partial charge in [-0.25, -0.2) is 0 Å². The third-order valence-electron chi connectivity index (χ3n) is 4.49. The maximum Gasteiger partial charge on any atom is 0.237 e. The molecule has 1 saturated heterocycles. The lowest BCUT2D eigenvalue weighted by Gasteiger charge is -2.35. The minimum absolute atomic E-state index is 0.0510. The fourth-order valence-electron chi connectivity index (χ4n) is 3.40. The molecule has 1 aliphatic rings. The number of amides is 2. The molecule has 1 N–H and O–H groups in total. The van der Waals surface area contributed by atoms with E-state index in [1.54, 1.807) is 0 Å². The predicted octanol–water partition coefficient (Wildman–Crippen LogP) is 2.42. The quantitative estimate of drug-likeness (QED) is 0.770. The molecule has 0 saturated carbocycles. The number of furan rings is 1. The third-order valence-corrected chi connectivity index (χ3v) is 4.49. The fraction of sp³-hybridized carbons (Fsp3) is 0.700. The van der Waals surface area contributed by atoms with Crippen LogP contribution in [0.15, 0.2) is 16.5 Å². The van der Waals surface area contributed by atoms with Gasteiger partial charge in [-0.3, -0.25) is 14.5 Å². The molecule has 6 nitrogen and oxygen atoms in total. The van der Waals surface area contributed by atoms with Crippen LogP contribution in [-0.2, 0) is 16.1 Å². The van der Waals surface area contributed by atoms with Crippen LogP contribution in [0.2, 0.25) is 0 Å². The van der Waals surface area contributed by atoms with Gasteiger partial charge in [-0.2, -0.15) is 0 Å². The van der Waals surface area contributed by atoms with Gasteiger partial charge >= 0.3 is 0 Å². The van der Waals surface area contributed by atoms with Crippen LogP contribution in [0.4, 0.5) is 0 Å². The Hall–Kier alpha value is -1.82. The highest BCUT2D eigenvalue weighted by atomic mass is 16.3. The van der Waals surface area contributed by atoms with Gasteiger partial charge in [0.25, 0.3) is 0 Å². The SMILES string of the molecule is Cc1ccc(CN2CCNC(=O)C2CC(=O)N(CC(C)C)CC(C)C)o1. The number of hydrogen-bond acceptors (Lipinski definition) is 4. The molecular formula is C20H33N3O3. The summed E-state index contributed by atoms with van der Waals surface area (Å²) in [6.45, 7) is 13.7. The average molecular weight is 364 g/mol. The Bertz CT molecular complexity index is 599. The van der Waals surface area contributed by atoms with E-state index in [2.05, 4.69) is 37.9 Å². The zero-order chi connectivity index (χ0) is 19.3. The van der Waals surface area contributed by atoms with Gasteiger partial charge in [-0.15, -0.1) is 0 Å². The van der Waals surface area contributed by atoms with Crippen molar-refractivity contribution >= 4 is 11.8 Å². The summed E-state index contributed by atoms with van der Waals surface area (Å²) in [6, 6.07) is 3.42. The molecule has 1 aromatic heterocycles. The van der Waals surface area contributed by atoms with Crippen molar-refractivity contribution in [1.82, 2.24) is 15.1 Å². The topological polar surface area (TPSA) is 65.8 Å². The molecule has 1 aromatic rings. The van der Waals surface area contributed by atoms with E-state index in [1.807, 2.05) is 24.0 Å². The molecule has 0 radical (unpaired) electrons. The first-order valence-electron chi connectivity index (χ1n) is 9.61. The van der Waals surface area contributed by atoms with E-state index in [-0.39, 0.29) is 18.2 Å². The summed E-state index contributed by atoms with van der Waals surface area (Å²) >= 11 is 0. The van der Waals surface area contributed by atoms with Crippen molar-refractivity contribution in [1.29, 1.82) is 0 Å². The fourth-order valence-corrected chi connectivity index (χ4v) is 3.40. The number of rotatable bonds is 8. The van der Waals surface area contributed by atoms with Crippen LogP contribution >= 0.6 is 0 Å². The Balaban J connectivity index is 2.07. The van der Waals surface area contributed by atoms with Crippen LogP contribution in [0.5, 0.6) is 0 Å². The van der Waals surface area contributed by atoms with Crippen molar-refractivity contribution < 1.29 is 14.0 Å². The van der Waals surface area contributed by atoms with Gasteiger partial charge in [0.05, 0.1) is 19.0 Å². The Morgan fingerprint density at radius 2 is 1.92 bits per heavy atom. The first-order valence-corrected chi connectivity index (χ1v) is 9.61. The summed E-state index contributed by atoms with van der Waals surface area (Å²) < 4.78 is 5.66. The van der Waals surface area contributed by atoms with E-state index in [0.29, 0.717) is 24.9 Å². The van der Waals surface area contributed by atoms with Crippen molar-refractivity contribution in [3.8, 4) is 0 Å². The van der Waals surface area contributed by atoms with E-state index in [4.69, 9.17) is 4.42 Å². The lowest BCUT2D eigenvalue weighted by atomic mass is 10.1. The Kier molecular flexibility index (Phi) is 7.26. The van der Waals surface area contributed by atoms with E-state index in [1.165, 1.54) is 0 Å². The molecular weight excluding hydrogens is 330 g/mol. The highest BCUT2D eigenvalue weighted by molar-refractivity contribution is 5.88. The van der Waals surface area contributed by atoms with E-state index in [9.17, 15) is 9.59 Å². The second-order valence-electron chi connectivity index (χ2n) is 8.08. The van der Waals surface area contributed by atoms with Gasteiger partial charge < -0.3 is 14.6 Å². The molecule has 146 valence electrons. The largest absolute Gasteiger partial charge is 0.465 e. The number of nitrogens with zero attached hydrogens (tertiary/aromatic N) is 2. The predicted molar refractivity (Wildman–Crippen MR) is 102 cm³/mol. The van der Waals surface area contributed by atoms with Crippen LogP contribution < -0.4 is 5.32 Å². The second kappa shape index (κ2) is 9.21. The Morgan fingerprint density at radius 3 is 2.46 bits per heavy atom. The molecule has 0 aromatic carbocycles. The van der Waals surface area contributed by atoms with Crippen LogP contribution in [0.3, 0.4) is 0 Å². The standard InChI is InChI=1S/C20H33N3O3/c1-14(2)11-23(12-15(3)4)19(24)10-18-20(25)21-8-9-22(18)13-17-7-6-16(5)26-17/h6-7,14-15,18H,8-13H2,1-5H3,(H,21,25). The summed E-state index contributed by atoms with van der Waals surface area (Å²) in [5.74, 6) is 2.47. The highest BCUT2D eigenvalue weighted by Gasteiger charge is 2.33. The van der Waals surface area contributed by atoms with Crippen LogP contribution in [0.1, 0.15) is 45.6 Å². The molecule has 1 aliphatic heterocycles. The van der Waals surface area contributed by atoms with Gasteiger partial charge in [0.15, 0.2) is 0 Å². The monoisotopic (exact) mass is 363 g/mol. The summed E-state index contributed by atoms with van der Waals surface area (Å²) in [6.07, 6.45) is 0.213. The van der Waals surface area contributed by atoms with Gasteiger partial charge in [-0.1, -0.05) is 27.7 Å². The molecule has 2 heterocycles. The lowest BCUT2D eigenvalue weighted by Crippen LogP contribution is -2.56. The number of nitrogens with one attached hydrogen (secondary N) is 1. The average Bonchev–Trinajstić information content (AvgIpc) is 2.94. The number of hydrogen-bond donors (Lipinski definition) is 1. The van der Waals surface area contributed by atoms with Gasteiger partial charge in [0, 0.05) is 26.2 Å². The molecule has 0 spiro atoms. The summed E-state index contributed by atoms with van der Waals surface area (Å²) in [4.78, 5) is 29.3. The number of aryl methyl sites for hydroxylation is 1. The minimum Gasteiger partial charge on any atom is -0.465 e. The number of carbonyl (C=O) groups excluding carboxylic acids is 2. The maximum atomic E-state index is 12.9. The molecule has 1 unspecified atom stereocenters. The summed E-state index contributed by atoms with van der Waals surface area (Å²) in [5.41, 5.74) is 0. The molecule has 26 heavy (non-hydrogen) atoms. The first-order chi connectivity index (χ1) is 12.3. The highest BCUT2D eigenvalue weighted by Crippen LogP contribution is 2.17. The van der Waals surface area contributed by atoms with Gasteiger partial charge in [0.1, 0.15) is 11.5 Å². The van der Waals surface area contributed by atoms with Crippen LogP contribution in [-0.4, -0.2) is 53.8 Å². The van der Waals surface area contributed by atoms with Crippen molar-refractivity contribution in [3.63, 3.8) is 0 Å². The molecule has 1 fully saturated rings. The molecule has 0 bridgehead atoms. The molecule has 0 aliphatic carbocycles. The number of carbonyl (C=O) groups is 2. The summed E-state index contributed by atoms with van der Waals surface area (Å²) in [7, 11) is 0. The molecule has 6 heteroatoms. The molecule has 2 rings (SSSR count). The van der Waals surface area contributed by atoms with Crippen molar-refractivity contribution in [2.75, 3.05) is 26.2 Å². The zero-order valence-corrected chi connectivity index (χ0v) is 16.7. The third kappa shape index (κ3) is 5.87. The van der Waals surface area contributed by atoms with Gasteiger partial charge in [-0.05, 0) is 30.9 Å². The minimum atomic E-state index is -0.441. The normalized spacial score (nSPS) is 18.4. The number of piperazine rings is 1. The maximum absolute atomic E-state index is 12.9. The second-order valence-corrected chi connectivity index (χ2v) is 8.08. The molecule has 1 atom stereocenters. The van der Waals surface area contributed by atoms with Crippen LogP contribution in [0, 0.1) is 18.8 Å². The van der Waals surface area contributed by atoms with Gasteiger partial charge in [0.2, 0.25) is 11.8 Å². The van der Waals surface area contributed by atoms with Crippen LogP contribution in [0.25, 0.3) is 0 Å². The van der Waals surface area contributed by atoms with E-state index in [0.717, 1.165) is 31.2 Å². The lowest BCUT2D eigenvalue weighted by molar-refractivity contribution is -0.139. The Morgan fingerprint density at radius 1 is 1.27 bits per heavy atom. The van der Waals surface area contributed by atoms with E-state index >= 15 is 0 Å². The molecule has 2 amide bonds. The first kappa shape index (κ1) is 20.5. The smallest absolute Gasteiger partial charge is 0.237 e. The Labute approximate surface area is 156 Å². The van der Waals surface area contributed by atoms with Crippen molar-refractivity contribution in [3.05, 3.63) is 23.7 Å². The zero-order valence-electron chi connectivity index (χ0n) is 16.7. The summed E-state index contributed by atoms with van der Waals surface area (Å²) in [5, 5.41) is 2.90. The van der Waals surface area contributed by atoms with Crippen molar-refractivity contribution in [2.24, 2.45) is 11.8 Å². The van der Waals surface area contributed by atoms with E-state index < -0.39 is 6.04 Å². The van der Waals surface area contributed by atoms with Crippen molar-refractivity contribution in [2.45, 2.75) is 53.6 Å².